The molecule has 1 N–H and O–H groups in total. The molecule has 1 atom stereocenters. The Morgan fingerprint density at radius 3 is 2.87 bits per heavy atom. The van der Waals surface area contributed by atoms with E-state index in [1.165, 1.54) is 6.20 Å². The van der Waals surface area contributed by atoms with E-state index in [1.54, 1.807) is 12.4 Å². The lowest BCUT2D eigenvalue weighted by Crippen LogP contribution is -2.56. The molecule has 2 aromatic heterocycles. The lowest BCUT2D eigenvalue weighted by Gasteiger charge is -2.39. The summed E-state index contributed by atoms with van der Waals surface area (Å²) in [5.41, 5.74) is 4.35. The number of ether oxygens (including phenoxy) is 2. The fourth-order valence-corrected chi connectivity index (χ4v) is 5.62. The average molecular weight is 607 g/mol. The van der Waals surface area contributed by atoms with E-state index in [0.717, 1.165) is 51.4 Å². The fraction of sp³-hybridized carbons (Fsp3) is 0.294. The quantitative estimate of drug-likeness (QED) is 0.295. The number of carbonyl (C=O) groups is 1. The highest BCUT2D eigenvalue weighted by atomic mass is 16.5. The monoisotopic (exact) mass is 606 g/mol. The number of piperazine rings is 1. The van der Waals surface area contributed by atoms with Crippen LogP contribution in [-0.2, 0) is 11.8 Å². The van der Waals surface area contributed by atoms with Crippen LogP contribution in [0.3, 0.4) is 0 Å². The largest absolute Gasteiger partial charge is 0.489 e. The van der Waals surface area contributed by atoms with Gasteiger partial charge >= 0.3 is 0 Å². The Labute approximate surface area is 262 Å². The number of anilines is 3. The number of carbonyl (C=O) groups excluding carboxylic acids is 1. The molecule has 6 rings (SSSR count). The van der Waals surface area contributed by atoms with Gasteiger partial charge in [0.15, 0.2) is 0 Å². The van der Waals surface area contributed by atoms with E-state index in [4.69, 9.17) is 9.47 Å². The maximum Gasteiger partial charge on any atom is 0.246 e. The molecule has 0 saturated carbocycles. The van der Waals surface area contributed by atoms with Crippen LogP contribution in [0.2, 0.25) is 0 Å². The molecule has 0 aliphatic carbocycles. The van der Waals surface area contributed by atoms with Crippen LogP contribution in [0.15, 0.2) is 84.9 Å². The second-order valence-electron chi connectivity index (χ2n) is 11.5. The number of pyridine rings is 1. The van der Waals surface area contributed by atoms with Crippen LogP contribution in [0, 0.1) is 6.92 Å². The lowest BCUT2D eigenvalue weighted by molar-refractivity contribution is -0.129. The molecule has 1 unspecified atom stereocenters. The molecular formula is C34H38N8O3. The average Bonchev–Trinajstić information content (AvgIpc) is 3.15. The Hall–Kier alpha value is -5.16. The number of amides is 1. The standard InChI is InChI=1S/C34H38N8O3/c1-6-35-32-17-26(11-13-40(32)5)45-30-10-9-24(16-23(30)2)38-34-27-18-29-31(19-28(27)36-22-37-34)44-21-25-20-41(29)14-15-42(25)33(43)8-7-12-39(3)4/h6-11,13,16-19,22,25H,1,12,14-15,20-21H2,2-5H3,(H,36,37,38)/b8-7+,35-32?. The minimum absolute atomic E-state index is 0.0242. The number of aryl methyl sites for hydroxylation is 2. The molecule has 45 heavy (non-hydrogen) atoms. The molecule has 2 aromatic carbocycles. The van der Waals surface area contributed by atoms with Crippen LogP contribution >= 0.6 is 0 Å². The van der Waals surface area contributed by atoms with Gasteiger partial charge in [0.1, 0.15) is 41.5 Å². The van der Waals surface area contributed by atoms with E-state index in [9.17, 15) is 4.79 Å². The summed E-state index contributed by atoms with van der Waals surface area (Å²) < 4.78 is 14.4. The maximum atomic E-state index is 13.0. The zero-order chi connectivity index (χ0) is 31.5. The first-order chi connectivity index (χ1) is 21.8. The molecule has 4 heterocycles. The minimum atomic E-state index is -0.0419. The number of rotatable bonds is 8. The van der Waals surface area contributed by atoms with Crippen molar-refractivity contribution in [3.63, 3.8) is 0 Å². The molecule has 2 bridgehead atoms. The van der Waals surface area contributed by atoms with Crippen molar-refractivity contribution >= 4 is 34.0 Å². The summed E-state index contributed by atoms with van der Waals surface area (Å²) in [6.07, 6.45) is 8.55. The molecule has 2 aliphatic heterocycles. The Bertz CT molecular complexity index is 1850. The van der Waals surface area contributed by atoms with Gasteiger partial charge in [-0.3, -0.25) is 4.79 Å². The van der Waals surface area contributed by atoms with Crippen LogP contribution in [0.1, 0.15) is 5.56 Å². The van der Waals surface area contributed by atoms with Gasteiger partial charge in [-0.25, -0.2) is 15.0 Å². The molecule has 0 spiro atoms. The van der Waals surface area contributed by atoms with Crippen LogP contribution in [0.4, 0.5) is 17.2 Å². The SMILES string of the molecule is C=CN=c1cc(Oc2ccc(Nc3ncnc4cc5c(cc34)N3CCN(C(=O)/C=C/CN(C)C)C(CO5)C3)cc2C)ccn1C. The Kier molecular flexibility index (Phi) is 8.52. The van der Waals surface area contributed by atoms with Crippen LogP contribution in [0.5, 0.6) is 17.2 Å². The third-order valence-corrected chi connectivity index (χ3v) is 7.97. The van der Waals surface area contributed by atoms with Gasteiger partial charge < -0.3 is 34.1 Å². The first-order valence-electron chi connectivity index (χ1n) is 14.9. The molecule has 4 aromatic rings. The zero-order valence-corrected chi connectivity index (χ0v) is 26.1. The normalized spacial score (nSPS) is 16.5. The van der Waals surface area contributed by atoms with E-state index in [2.05, 4.69) is 37.8 Å². The number of nitrogens with one attached hydrogen (secondary N) is 1. The summed E-state index contributed by atoms with van der Waals surface area (Å²) in [5.74, 6) is 2.92. The van der Waals surface area contributed by atoms with Crippen LogP contribution in [-0.4, -0.2) is 83.2 Å². The number of nitrogens with zero attached hydrogens (tertiary/aromatic N) is 7. The summed E-state index contributed by atoms with van der Waals surface area (Å²) >= 11 is 0. The summed E-state index contributed by atoms with van der Waals surface area (Å²) in [6, 6.07) is 13.7. The number of aromatic nitrogens is 3. The predicted molar refractivity (Wildman–Crippen MR) is 176 cm³/mol. The third-order valence-electron chi connectivity index (χ3n) is 7.97. The highest BCUT2D eigenvalue weighted by Gasteiger charge is 2.34. The van der Waals surface area contributed by atoms with Gasteiger partial charge in [0.2, 0.25) is 5.91 Å². The van der Waals surface area contributed by atoms with Gasteiger partial charge in [-0.1, -0.05) is 12.7 Å². The van der Waals surface area contributed by atoms with Gasteiger partial charge in [0, 0.05) is 74.9 Å². The van der Waals surface area contributed by atoms with E-state index in [-0.39, 0.29) is 11.9 Å². The van der Waals surface area contributed by atoms with E-state index >= 15 is 0 Å². The Morgan fingerprint density at radius 2 is 2.07 bits per heavy atom. The van der Waals surface area contributed by atoms with Gasteiger partial charge in [0.25, 0.3) is 0 Å². The summed E-state index contributed by atoms with van der Waals surface area (Å²) in [5, 5.41) is 4.37. The van der Waals surface area contributed by atoms with Crippen molar-refractivity contribution in [1.82, 2.24) is 24.3 Å². The smallest absolute Gasteiger partial charge is 0.246 e. The molecule has 0 radical (unpaired) electrons. The molecule has 1 fully saturated rings. The van der Waals surface area contributed by atoms with Crippen molar-refractivity contribution in [3.05, 3.63) is 91.0 Å². The second-order valence-corrected chi connectivity index (χ2v) is 11.5. The summed E-state index contributed by atoms with van der Waals surface area (Å²) in [7, 11) is 5.89. The van der Waals surface area contributed by atoms with Crippen LogP contribution < -0.4 is 25.2 Å². The van der Waals surface area contributed by atoms with Crippen molar-refractivity contribution in [2.45, 2.75) is 13.0 Å². The molecule has 232 valence electrons. The van der Waals surface area contributed by atoms with E-state index in [0.29, 0.717) is 37.8 Å². The third kappa shape index (κ3) is 6.53. The molecule has 11 heteroatoms. The van der Waals surface area contributed by atoms with Gasteiger partial charge in [-0.2, -0.15) is 0 Å². The van der Waals surface area contributed by atoms with Crippen LogP contribution in [0.25, 0.3) is 10.9 Å². The van der Waals surface area contributed by atoms with Gasteiger partial charge in [-0.15, -0.1) is 0 Å². The number of benzene rings is 2. The van der Waals surface area contributed by atoms with E-state index in [1.807, 2.05) is 91.1 Å². The highest BCUT2D eigenvalue weighted by molar-refractivity contribution is 5.95. The minimum Gasteiger partial charge on any atom is -0.489 e. The lowest BCUT2D eigenvalue weighted by atomic mass is 10.1. The highest BCUT2D eigenvalue weighted by Crippen LogP contribution is 2.39. The zero-order valence-electron chi connectivity index (χ0n) is 26.1. The molecule has 1 saturated heterocycles. The first-order valence-corrected chi connectivity index (χ1v) is 14.9. The van der Waals surface area contributed by atoms with Gasteiger partial charge in [-0.05, 0) is 56.9 Å². The molecule has 11 nitrogen and oxygen atoms in total. The summed E-state index contributed by atoms with van der Waals surface area (Å²) in [4.78, 5) is 32.6. The fourth-order valence-electron chi connectivity index (χ4n) is 5.62. The van der Waals surface area contributed by atoms with Crippen molar-refractivity contribution in [1.29, 1.82) is 0 Å². The number of hydrogen-bond donors (Lipinski definition) is 1. The second kappa shape index (κ2) is 12.8. The predicted octanol–water partition coefficient (Wildman–Crippen LogP) is 4.38. The van der Waals surface area contributed by atoms with Crippen molar-refractivity contribution in [2.24, 2.45) is 12.0 Å². The van der Waals surface area contributed by atoms with Gasteiger partial charge in [0.05, 0.1) is 17.2 Å². The molecular weight excluding hydrogens is 568 g/mol. The maximum absolute atomic E-state index is 13.0. The molecule has 1 amide bonds. The Morgan fingerprint density at radius 1 is 1.20 bits per heavy atom. The number of fused-ring (bicyclic) bond motifs is 5. The number of hydrogen-bond acceptors (Lipinski definition) is 9. The molecule has 2 aliphatic rings. The van der Waals surface area contributed by atoms with Crippen molar-refractivity contribution in [3.8, 4) is 17.2 Å². The topological polar surface area (TPSA) is 100 Å². The first kappa shape index (κ1) is 29.9. The summed E-state index contributed by atoms with van der Waals surface area (Å²) in [6.45, 7) is 8.89. The Balaban J connectivity index is 1.21. The van der Waals surface area contributed by atoms with E-state index < -0.39 is 0 Å². The van der Waals surface area contributed by atoms with Crippen molar-refractivity contribution in [2.75, 3.05) is 57.1 Å². The van der Waals surface area contributed by atoms with Crippen molar-refractivity contribution < 1.29 is 14.3 Å². The number of likely N-dealkylation sites (N-methyl/N-ethyl adjacent to an activating group) is 1.